The molecule has 0 aliphatic carbocycles. The SMILES string of the molecule is CCOc1ncnc(NN2C(C)CCCC2C)c1C. The van der Waals surface area contributed by atoms with Gasteiger partial charge in [0.2, 0.25) is 5.88 Å². The standard InChI is InChI=1S/C14H24N4O/c1-5-19-14-12(4)13(15-9-16-14)17-18-10(2)7-6-8-11(18)3/h9-11H,5-8H2,1-4H3,(H,15,16,17). The van der Waals surface area contributed by atoms with Crippen molar-refractivity contribution in [3.8, 4) is 5.88 Å². The molecule has 2 atom stereocenters. The van der Waals surface area contributed by atoms with Gasteiger partial charge in [0.15, 0.2) is 5.82 Å². The van der Waals surface area contributed by atoms with Crippen LogP contribution in [0.15, 0.2) is 6.33 Å². The first-order valence-electron chi connectivity index (χ1n) is 7.12. The van der Waals surface area contributed by atoms with Gasteiger partial charge in [0.1, 0.15) is 6.33 Å². The predicted molar refractivity (Wildman–Crippen MR) is 76.2 cm³/mol. The van der Waals surface area contributed by atoms with E-state index in [1.807, 2.05) is 13.8 Å². The monoisotopic (exact) mass is 264 g/mol. The fourth-order valence-electron chi connectivity index (χ4n) is 2.59. The highest BCUT2D eigenvalue weighted by molar-refractivity contribution is 5.47. The summed E-state index contributed by atoms with van der Waals surface area (Å²) in [5, 5.41) is 2.30. The molecule has 1 aliphatic heterocycles. The van der Waals surface area contributed by atoms with E-state index in [0.717, 1.165) is 11.4 Å². The maximum atomic E-state index is 5.51. The quantitative estimate of drug-likeness (QED) is 0.906. The number of nitrogens with one attached hydrogen (secondary N) is 1. The summed E-state index contributed by atoms with van der Waals surface area (Å²) >= 11 is 0. The van der Waals surface area contributed by atoms with Crippen LogP contribution >= 0.6 is 0 Å². The normalized spacial score (nSPS) is 24.2. The fourth-order valence-corrected chi connectivity index (χ4v) is 2.59. The van der Waals surface area contributed by atoms with E-state index < -0.39 is 0 Å². The number of hydrazine groups is 1. The summed E-state index contributed by atoms with van der Waals surface area (Å²) in [5.41, 5.74) is 4.42. The summed E-state index contributed by atoms with van der Waals surface area (Å²) in [6.07, 6.45) is 5.30. The molecule has 19 heavy (non-hydrogen) atoms. The number of anilines is 1. The van der Waals surface area contributed by atoms with Gasteiger partial charge in [-0.2, -0.15) is 0 Å². The number of ether oxygens (including phenoxy) is 1. The molecule has 1 aromatic rings. The second-order valence-electron chi connectivity index (χ2n) is 5.23. The van der Waals surface area contributed by atoms with Crippen LogP contribution in [0.2, 0.25) is 0 Å². The van der Waals surface area contributed by atoms with E-state index in [1.165, 1.54) is 19.3 Å². The Bertz CT molecular complexity index is 414. The van der Waals surface area contributed by atoms with Gasteiger partial charge in [-0.25, -0.2) is 15.0 Å². The van der Waals surface area contributed by atoms with Gasteiger partial charge in [-0.05, 0) is 40.5 Å². The first kappa shape index (κ1) is 14.1. The molecule has 5 nitrogen and oxygen atoms in total. The van der Waals surface area contributed by atoms with E-state index in [2.05, 4.69) is 34.3 Å². The number of nitrogens with zero attached hydrogens (tertiary/aromatic N) is 3. The van der Waals surface area contributed by atoms with Crippen molar-refractivity contribution in [3.63, 3.8) is 0 Å². The fraction of sp³-hybridized carbons (Fsp3) is 0.714. The number of aromatic nitrogens is 2. The summed E-state index contributed by atoms with van der Waals surface area (Å²) in [5.74, 6) is 1.51. The molecule has 106 valence electrons. The summed E-state index contributed by atoms with van der Waals surface area (Å²) < 4.78 is 5.51. The van der Waals surface area contributed by atoms with Gasteiger partial charge in [0.05, 0.1) is 12.2 Å². The third-order valence-electron chi connectivity index (χ3n) is 3.75. The number of piperidine rings is 1. The van der Waals surface area contributed by atoms with E-state index in [-0.39, 0.29) is 0 Å². The molecule has 0 spiro atoms. The Morgan fingerprint density at radius 2 is 2.00 bits per heavy atom. The van der Waals surface area contributed by atoms with Crippen molar-refractivity contribution in [2.24, 2.45) is 0 Å². The molecule has 0 saturated carbocycles. The Balaban J connectivity index is 2.15. The smallest absolute Gasteiger partial charge is 0.221 e. The van der Waals surface area contributed by atoms with Crippen molar-refractivity contribution in [1.82, 2.24) is 15.0 Å². The van der Waals surface area contributed by atoms with E-state index in [0.29, 0.717) is 24.6 Å². The molecule has 1 saturated heterocycles. The third kappa shape index (κ3) is 3.15. The van der Waals surface area contributed by atoms with Crippen LogP contribution in [-0.4, -0.2) is 33.7 Å². The lowest BCUT2D eigenvalue weighted by Gasteiger charge is -2.39. The van der Waals surface area contributed by atoms with Crippen LogP contribution in [0.5, 0.6) is 5.88 Å². The molecule has 2 rings (SSSR count). The molecule has 2 heterocycles. The van der Waals surface area contributed by atoms with Gasteiger partial charge in [0.25, 0.3) is 0 Å². The summed E-state index contributed by atoms with van der Waals surface area (Å²) in [6, 6.07) is 1.04. The van der Waals surface area contributed by atoms with Gasteiger partial charge in [-0.1, -0.05) is 6.42 Å². The van der Waals surface area contributed by atoms with Crippen LogP contribution in [0.1, 0.15) is 45.6 Å². The molecule has 0 bridgehead atoms. The number of hydrogen-bond acceptors (Lipinski definition) is 5. The average Bonchev–Trinajstić information content (AvgIpc) is 2.38. The van der Waals surface area contributed by atoms with Crippen molar-refractivity contribution >= 4 is 5.82 Å². The van der Waals surface area contributed by atoms with Crippen molar-refractivity contribution in [1.29, 1.82) is 0 Å². The summed E-state index contributed by atoms with van der Waals surface area (Å²) in [4.78, 5) is 8.51. The van der Waals surface area contributed by atoms with E-state index >= 15 is 0 Å². The molecular formula is C14H24N4O. The molecule has 0 radical (unpaired) electrons. The molecule has 0 amide bonds. The molecule has 5 heteroatoms. The first-order chi connectivity index (χ1) is 9.13. The Morgan fingerprint density at radius 1 is 1.32 bits per heavy atom. The minimum absolute atomic E-state index is 0.522. The van der Waals surface area contributed by atoms with E-state index in [9.17, 15) is 0 Å². The molecular weight excluding hydrogens is 240 g/mol. The lowest BCUT2D eigenvalue weighted by Crippen LogP contribution is -2.47. The van der Waals surface area contributed by atoms with Crippen molar-refractivity contribution in [3.05, 3.63) is 11.9 Å². The summed E-state index contributed by atoms with van der Waals surface area (Å²) in [6.45, 7) is 9.08. The third-order valence-corrected chi connectivity index (χ3v) is 3.75. The molecule has 2 unspecified atom stereocenters. The lowest BCUT2D eigenvalue weighted by molar-refractivity contribution is 0.135. The maximum Gasteiger partial charge on any atom is 0.221 e. The van der Waals surface area contributed by atoms with Crippen molar-refractivity contribution in [2.45, 2.75) is 59.0 Å². The van der Waals surface area contributed by atoms with Gasteiger partial charge in [0, 0.05) is 12.1 Å². The van der Waals surface area contributed by atoms with Gasteiger partial charge < -0.3 is 10.2 Å². The molecule has 0 aromatic carbocycles. The Kier molecular flexibility index (Phi) is 4.58. The van der Waals surface area contributed by atoms with Crippen LogP contribution in [0.3, 0.4) is 0 Å². The minimum atomic E-state index is 0.522. The highest BCUT2D eigenvalue weighted by atomic mass is 16.5. The highest BCUT2D eigenvalue weighted by Crippen LogP contribution is 2.26. The molecule has 1 N–H and O–H groups in total. The number of hydrogen-bond donors (Lipinski definition) is 1. The zero-order valence-electron chi connectivity index (χ0n) is 12.3. The Morgan fingerprint density at radius 3 is 2.63 bits per heavy atom. The largest absolute Gasteiger partial charge is 0.478 e. The molecule has 1 fully saturated rings. The Hall–Kier alpha value is -1.36. The minimum Gasteiger partial charge on any atom is -0.478 e. The second-order valence-corrected chi connectivity index (χ2v) is 5.23. The first-order valence-corrected chi connectivity index (χ1v) is 7.12. The van der Waals surface area contributed by atoms with Crippen LogP contribution in [-0.2, 0) is 0 Å². The second kappa shape index (κ2) is 6.19. The topological polar surface area (TPSA) is 50.3 Å². The average molecular weight is 264 g/mol. The van der Waals surface area contributed by atoms with Gasteiger partial charge in [-0.3, -0.25) is 0 Å². The van der Waals surface area contributed by atoms with Crippen LogP contribution < -0.4 is 10.2 Å². The van der Waals surface area contributed by atoms with Crippen molar-refractivity contribution in [2.75, 3.05) is 12.0 Å². The van der Waals surface area contributed by atoms with E-state index in [1.54, 1.807) is 6.33 Å². The predicted octanol–water partition coefficient (Wildman–Crippen LogP) is 2.77. The van der Waals surface area contributed by atoms with E-state index in [4.69, 9.17) is 4.74 Å². The van der Waals surface area contributed by atoms with Crippen LogP contribution in [0.25, 0.3) is 0 Å². The van der Waals surface area contributed by atoms with Gasteiger partial charge in [-0.15, -0.1) is 0 Å². The lowest BCUT2D eigenvalue weighted by atomic mass is 10.00. The zero-order chi connectivity index (χ0) is 13.8. The highest BCUT2D eigenvalue weighted by Gasteiger charge is 2.25. The maximum absolute atomic E-state index is 5.51. The molecule has 1 aromatic heterocycles. The van der Waals surface area contributed by atoms with Crippen molar-refractivity contribution < 1.29 is 4.74 Å². The van der Waals surface area contributed by atoms with Crippen LogP contribution in [0, 0.1) is 6.92 Å². The number of rotatable bonds is 4. The van der Waals surface area contributed by atoms with Crippen LogP contribution in [0.4, 0.5) is 5.82 Å². The summed E-state index contributed by atoms with van der Waals surface area (Å²) in [7, 11) is 0. The zero-order valence-corrected chi connectivity index (χ0v) is 12.3. The molecule has 1 aliphatic rings. The van der Waals surface area contributed by atoms with Gasteiger partial charge >= 0.3 is 0 Å². The Labute approximate surface area is 115 Å².